The fourth-order valence-corrected chi connectivity index (χ4v) is 2.49. The predicted molar refractivity (Wildman–Crippen MR) is 80.7 cm³/mol. The molecule has 0 aliphatic heterocycles. The Labute approximate surface area is 132 Å². The Bertz CT molecular complexity index is 719. The highest BCUT2D eigenvalue weighted by Gasteiger charge is 2.34. The number of hydrogen-bond acceptors (Lipinski definition) is 2. The highest BCUT2D eigenvalue weighted by molar-refractivity contribution is 5.80. The predicted octanol–water partition coefficient (Wildman–Crippen LogP) is 3.00. The number of nitrogen functional groups attached to an aromatic ring is 1. The molecule has 2 aromatic rings. The molecule has 0 bridgehead atoms. The molecule has 2 N–H and O–H groups in total. The number of anilines is 1. The van der Waals surface area contributed by atoms with E-state index in [0.29, 0.717) is 0 Å². The molecule has 1 aromatic heterocycles. The quantitative estimate of drug-likeness (QED) is 0.879. The van der Waals surface area contributed by atoms with Gasteiger partial charge in [-0.1, -0.05) is 18.2 Å². The summed E-state index contributed by atoms with van der Waals surface area (Å²) in [4.78, 5) is 12.2. The van der Waals surface area contributed by atoms with Crippen molar-refractivity contribution in [2.75, 3.05) is 5.73 Å². The monoisotopic (exact) mass is 323 g/mol. The van der Waals surface area contributed by atoms with E-state index in [0.717, 1.165) is 29.0 Å². The van der Waals surface area contributed by atoms with E-state index in [-0.39, 0.29) is 24.4 Å². The molecule has 0 unspecified atom stereocenters. The first-order valence-electron chi connectivity index (χ1n) is 7.10. The smallest absolute Gasteiger partial charge is 0.394 e. The molecule has 0 aliphatic rings. The number of alkyl halides is 3. The van der Waals surface area contributed by atoms with E-state index >= 15 is 0 Å². The van der Waals surface area contributed by atoms with Crippen molar-refractivity contribution < 1.29 is 22.5 Å². The molecule has 122 valence electrons. The number of aromatic nitrogens is 1. The van der Waals surface area contributed by atoms with Gasteiger partial charge in [0.2, 0.25) is 12.3 Å². The van der Waals surface area contributed by atoms with E-state index in [1.807, 2.05) is 32.0 Å². The van der Waals surface area contributed by atoms with Crippen LogP contribution < -0.4 is 10.3 Å². The van der Waals surface area contributed by atoms with Gasteiger partial charge in [0.05, 0.1) is 5.69 Å². The number of nitrogens with two attached hydrogens (primary N) is 1. The molecule has 0 saturated heterocycles. The molecule has 2 rings (SSSR count). The lowest BCUT2D eigenvalue weighted by atomic mass is 9.98. The van der Waals surface area contributed by atoms with Crippen LogP contribution in [0.15, 0.2) is 36.7 Å². The van der Waals surface area contributed by atoms with Crippen LogP contribution in [-0.2, 0) is 23.9 Å². The lowest BCUT2D eigenvalue weighted by Gasteiger charge is -2.09. The second kappa shape index (κ2) is 6.40. The Morgan fingerprint density at radius 2 is 1.78 bits per heavy atom. The van der Waals surface area contributed by atoms with Crippen molar-refractivity contribution in [2.45, 2.75) is 33.0 Å². The van der Waals surface area contributed by atoms with Crippen molar-refractivity contribution in [3.05, 3.63) is 58.9 Å². The fraction of sp³-hybridized carbons (Fsp3) is 0.294. The fourth-order valence-electron chi connectivity index (χ4n) is 2.49. The first-order chi connectivity index (χ1) is 10.7. The van der Waals surface area contributed by atoms with Crippen LogP contribution in [0.25, 0.3) is 0 Å². The van der Waals surface area contributed by atoms with Gasteiger partial charge in [0, 0.05) is 6.42 Å². The van der Waals surface area contributed by atoms with Gasteiger partial charge in [-0.25, -0.2) is 0 Å². The Morgan fingerprint density at radius 3 is 2.35 bits per heavy atom. The van der Waals surface area contributed by atoms with Gasteiger partial charge >= 0.3 is 6.18 Å². The van der Waals surface area contributed by atoms with Crippen molar-refractivity contribution in [1.82, 2.24) is 0 Å². The number of Topliss-reactive ketones (excluding diaryl/α,β-unsaturated/α-hetero) is 1. The van der Waals surface area contributed by atoms with E-state index < -0.39 is 11.7 Å². The topological polar surface area (TPSA) is 47.0 Å². The summed E-state index contributed by atoms with van der Waals surface area (Å²) in [6.07, 6.45) is -2.08. The van der Waals surface area contributed by atoms with Crippen LogP contribution in [0.2, 0.25) is 0 Å². The number of hydrogen-bond donors (Lipinski definition) is 1. The molecule has 3 nitrogen and oxygen atoms in total. The van der Waals surface area contributed by atoms with E-state index in [1.165, 1.54) is 10.8 Å². The number of aryl methyl sites for hydroxylation is 2. The zero-order valence-electron chi connectivity index (χ0n) is 12.9. The van der Waals surface area contributed by atoms with Crippen LogP contribution in [0, 0.1) is 13.8 Å². The van der Waals surface area contributed by atoms with Crippen molar-refractivity contribution in [2.24, 2.45) is 0 Å². The minimum atomic E-state index is -4.49. The van der Waals surface area contributed by atoms with E-state index in [4.69, 9.17) is 5.73 Å². The standard InChI is InChI=1S/C17H18F3N2O/c1-11-4-3-5-12(2)16(11)7-15(23)10-22-8-13(17(18,19)20)6-14(21)9-22/h3-6,8-9H,7,10,21H2,1-2H3/q+1. The van der Waals surface area contributed by atoms with Crippen LogP contribution >= 0.6 is 0 Å². The van der Waals surface area contributed by atoms with Gasteiger partial charge in [-0.15, -0.1) is 0 Å². The summed E-state index contributed by atoms with van der Waals surface area (Å²) in [6, 6.07) is 6.57. The third kappa shape index (κ3) is 4.31. The minimum absolute atomic E-state index is 0.0281. The molecular weight excluding hydrogens is 305 g/mol. The molecule has 1 heterocycles. The summed E-state index contributed by atoms with van der Waals surface area (Å²) in [5.41, 5.74) is 7.51. The van der Waals surface area contributed by atoms with Gasteiger partial charge in [0.1, 0.15) is 5.56 Å². The average Bonchev–Trinajstić information content (AvgIpc) is 2.41. The van der Waals surface area contributed by atoms with Gasteiger partial charge in [0.25, 0.3) is 0 Å². The molecule has 6 heteroatoms. The lowest BCUT2D eigenvalue weighted by Crippen LogP contribution is -2.39. The van der Waals surface area contributed by atoms with Gasteiger partial charge < -0.3 is 5.73 Å². The van der Waals surface area contributed by atoms with E-state index in [2.05, 4.69) is 0 Å². The Kier molecular flexibility index (Phi) is 4.73. The van der Waals surface area contributed by atoms with Crippen LogP contribution in [0.4, 0.5) is 18.9 Å². The molecule has 0 fully saturated rings. The summed E-state index contributed by atoms with van der Waals surface area (Å²) in [6.45, 7) is 3.66. The lowest BCUT2D eigenvalue weighted by molar-refractivity contribution is -0.684. The highest BCUT2D eigenvalue weighted by atomic mass is 19.4. The van der Waals surface area contributed by atoms with Gasteiger partial charge in [0.15, 0.2) is 12.4 Å². The van der Waals surface area contributed by atoms with Crippen molar-refractivity contribution in [3.63, 3.8) is 0 Å². The maximum absolute atomic E-state index is 12.8. The number of ketones is 1. The minimum Gasteiger partial charge on any atom is -0.394 e. The van der Waals surface area contributed by atoms with Crippen LogP contribution in [0.3, 0.4) is 0 Å². The number of carbonyl (C=O) groups is 1. The van der Waals surface area contributed by atoms with Gasteiger partial charge in [-0.2, -0.15) is 17.7 Å². The molecule has 0 radical (unpaired) electrons. The third-order valence-corrected chi connectivity index (χ3v) is 3.65. The molecule has 0 aliphatic carbocycles. The zero-order chi connectivity index (χ0) is 17.2. The first kappa shape index (κ1) is 17.0. The Hall–Kier alpha value is -2.37. The van der Waals surface area contributed by atoms with Crippen molar-refractivity contribution in [1.29, 1.82) is 0 Å². The maximum Gasteiger partial charge on any atom is 0.422 e. The highest BCUT2D eigenvalue weighted by Crippen LogP contribution is 2.29. The largest absolute Gasteiger partial charge is 0.422 e. The van der Waals surface area contributed by atoms with Crippen LogP contribution in [0.1, 0.15) is 22.3 Å². The number of pyridine rings is 1. The average molecular weight is 323 g/mol. The van der Waals surface area contributed by atoms with Crippen LogP contribution in [0.5, 0.6) is 0 Å². The number of halogens is 3. The molecule has 0 atom stereocenters. The molecule has 0 saturated carbocycles. The van der Waals surface area contributed by atoms with E-state index in [9.17, 15) is 18.0 Å². The van der Waals surface area contributed by atoms with Gasteiger partial charge in [-0.05, 0) is 36.6 Å². The first-order valence-corrected chi connectivity index (χ1v) is 7.10. The second-order valence-corrected chi connectivity index (χ2v) is 5.61. The number of nitrogens with zero attached hydrogens (tertiary/aromatic N) is 1. The van der Waals surface area contributed by atoms with E-state index in [1.54, 1.807) is 0 Å². The molecule has 1 aromatic carbocycles. The Morgan fingerprint density at radius 1 is 1.17 bits per heavy atom. The summed E-state index contributed by atoms with van der Waals surface area (Å²) in [5, 5.41) is 0. The van der Waals surface area contributed by atoms with Crippen molar-refractivity contribution >= 4 is 11.5 Å². The second-order valence-electron chi connectivity index (χ2n) is 5.61. The van der Waals surface area contributed by atoms with Crippen molar-refractivity contribution in [3.8, 4) is 0 Å². The maximum atomic E-state index is 12.8. The normalized spacial score (nSPS) is 11.5. The number of rotatable bonds is 4. The number of benzene rings is 1. The SMILES string of the molecule is Cc1cccc(C)c1CC(=O)C[n+]1cc(N)cc(C(F)(F)F)c1. The molecular formula is C17H18F3N2O+. The number of carbonyl (C=O) groups excluding carboxylic acids is 1. The third-order valence-electron chi connectivity index (χ3n) is 3.65. The summed E-state index contributed by atoms with van der Waals surface area (Å²) in [7, 11) is 0. The molecule has 0 amide bonds. The molecule has 23 heavy (non-hydrogen) atoms. The summed E-state index contributed by atoms with van der Waals surface area (Å²) >= 11 is 0. The Balaban J connectivity index is 2.19. The zero-order valence-corrected chi connectivity index (χ0v) is 12.9. The summed E-state index contributed by atoms with van der Waals surface area (Å²) < 4.78 is 39.5. The van der Waals surface area contributed by atoms with Crippen LogP contribution in [-0.4, -0.2) is 5.78 Å². The summed E-state index contributed by atoms with van der Waals surface area (Å²) in [5.74, 6) is -0.175. The van der Waals surface area contributed by atoms with Gasteiger partial charge in [-0.3, -0.25) is 4.79 Å². The molecule has 0 spiro atoms.